The van der Waals surface area contributed by atoms with Crippen molar-refractivity contribution >= 4 is 17.6 Å². The number of likely N-dealkylation sites (tertiary alicyclic amines) is 1. The Morgan fingerprint density at radius 3 is 2.80 bits per heavy atom. The second-order valence-electron chi connectivity index (χ2n) is 6.56. The largest absolute Gasteiger partial charge is 0.369 e. The minimum Gasteiger partial charge on any atom is -0.369 e. The van der Waals surface area contributed by atoms with Crippen LogP contribution in [0.1, 0.15) is 38.3 Å². The van der Waals surface area contributed by atoms with Gasteiger partial charge in [0.2, 0.25) is 0 Å². The molecule has 2 heterocycles. The molecule has 1 aliphatic carbocycles. The third-order valence-corrected chi connectivity index (χ3v) is 4.49. The summed E-state index contributed by atoms with van der Waals surface area (Å²) in [5.41, 5.74) is 9.89. The summed E-state index contributed by atoms with van der Waals surface area (Å²) in [5, 5.41) is 4.25. The summed E-state index contributed by atoms with van der Waals surface area (Å²) in [6.07, 6.45) is 10.7. The number of aliphatic imine (C=N–C) groups is 2. The zero-order chi connectivity index (χ0) is 17.6. The van der Waals surface area contributed by atoms with E-state index < -0.39 is 0 Å². The molecule has 134 valence electrons. The molecule has 0 spiro atoms. The van der Waals surface area contributed by atoms with Crippen molar-refractivity contribution < 1.29 is 0 Å². The maximum Gasteiger partial charge on any atom is 0.198 e. The van der Waals surface area contributed by atoms with Gasteiger partial charge in [-0.05, 0) is 56.7 Å². The molecule has 1 saturated carbocycles. The van der Waals surface area contributed by atoms with E-state index in [1.165, 1.54) is 12.8 Å². The number of nitrogens with zero attached hydrogens (tertiary/aromatic N) is 4. The molecule has 1 aliphatic heterocycles. The zero-order valence-corrected chi connectivity index (χ0v) is 14.9. The van der Waals surface area contributed by atoms with Crippen molar-refractivity contribution in [2.75, 3.05) is 13.6 Å². The Bertz CT molecular complexity index is 680. The van der Waals surface area contributed by atoms with Crippen molar-refractivity contribution in [3.63, 3.8) is 0 Å². The predicted octanol–water partition coefficient (Wildman–Crippen LogP) is 2.06. The Hall–Kier alpha value is -2.57. The monoisotopic (exact) mass is 341 g/mol. The van der Waals surface area contributed by atoms with Crippen molar-refractivity contribution in [3.8, 4) is 0 Å². The smallest absolute Gasteiger partial charge is 0.198 e. The third kappa shape index (κ3) is 4.71. The van der Waals surface area contributed by atoms with Gasteiger partial charge in [-0.1, -0.05) is 6.08 Å². The first-order valence-electron chi connectivity index (χ1n) is 8.93. The number of hydrogen-bond donors (Lipinski definition) is 3. The topological polar surface area (TPSA) is 94.2 Å². The van der Waals surface area contributed by atoms with Crippen LogP contribution in [0.2, 0.25) is 0 Å². The molecule has 1 aromatic heterocycles. The van der Waals surface area contributed by atoms with Crippen LogP contribution in [0, 0.1) is 5.92 Å². The fourth-order valence-corrected chi connectivity index (χ4v) is 2.89. The van der Waals surface area contributed by atoms with Gasteiger partial charge in [0.15, 0.2) is 17.6 Å². The van der Waals surface area contributed by atoms with Crippen LogP contribution in [0.4, 0.5) is 0 Å². The predicted molar refractivity (Wildman–Crippen MR) is 103 cm³/mol. The van der Waals surface area contributed by atoms with Crippen LogP contribution in [0.3, 0.4) is 0 Å². The Morgan fingerprint density at radius 2 is 2.20 bits per heavy atom. The Labute approximate surface area is 148 Å². The normalized spacial score (nSPS) is 22.9. The lowest BCUT2D eigenvalue weighted by Crippen LogP contribution is -2.40. The lowest BCUT2D eigenvalue weighted by atomic mass is 10.2. The van der Waals surface area contributed by atoms with Crippen LogP contribution >= 0.6 is 0 Å². The summed E-state index contributed by atoms with van der Waals surface area (Å²) in [7, 11) is 1.76. The molecule has 2 aliphatic rings. The van der Waals surface area contributed by atoms with Gasteiger partial charge in [-0.25, -0.2) is 4.99 Å². The number of nitrogens with two attached hydrogens (primary N) is 1. The van der Waals surface area contributed by atoms with Gasteiger partial charge < -0.3 is 21.0 Å². The van der Waals surface area contributed by atoms with Crippen LogP contribution in [0.5, 0.6) is 0 Å². The standard InChI is InChI=1S/C18H27N7/c1-13-5-4-12-25(13)18(19)23-17(15-6-3-11-21-15)22-16(24-20-2)10-9-14-7-8-14/h3,6,9-11,13-14,20-21H,4-5,7-8,12H2,1-2H3,(H2,19,22,23,24)/b10-9+/t13-/m0/s1. The molecule has 25 heavy (non-hydrogen) atoms. The number of H-pyrrole nitrogens is 1. The van der Waals surface area contributed by atoms with E-state index in [2.05, 4.69) is 43.4 Å². The van der Waals surface area contributed by atoms with E-state index in [4.69, 9.17) is 5.73 Å². The maximum absolute atomic E-state index is 6.27. The average molecular weight is 341 g/mol. The molecule has 7 heteroatoms. The molecule has 0 unspecified atom stereocenters. The Balaban J connectivity index is 1.89. The highest BCUT2D eigenvalue weighted by atomic mass is 15.3. The number of nitrogens with one attached hydrogen (secondary N) is 2. The lowest BCUT2D eigenvalue weighted by Gasteiger charge is -2.22. The van der Waals surface area contributed by atoms with Crippen molar-refractivity contribution in [3.05, 3.63) is 36.2 Å². The number of hydrazone groups is 1. The van der Waals surface area contributed by atoms with Crippen molar-refractivity contribution in [2.45, 2.75) is 38.6 Å². The molecular weight excluding hydrogens is 314 g/mol. The van der Waals surface area contributed by atoms with Gasteiger partial charge in [0.1, 0.15) is 0 Å². The highest BCUT2D eigenvalue weighted by Gasteiger charge is 2.22. The summed E-state index contributed by atoms with van der Waals surface area (Å²) in [5.74, 6) is 2.29. The van der Waals surface area contributed by atoms with Gasteiger partial charge in [0, 0.05) is 25.8 Å². The number of allylic oxidation sites excluding steroid dienone is 1. The third-order valence-electron chi connectivity index (χ3n) is 4.49. The molecule has 3 rings (SSSR count). The van der Waals surface area contributed by atoms with Gasteiger partial charge in [-0.2, -0.15) is 10.1 Å². The molecule has 7 nitrogen and oxygen atoms in total. The first-order chi connectivity index (χ1) is 12.2. The molecule has 1 saturated heterocycles. The van der Waals surface area contributed by atoms with Crippen LogP contribution in [-0.4, -0.2) is 47.1 Å². The molecular formula is C18H27N7. The van der Waals surface area contributed by atoms with Crippen LogP contribution in [-0.2, 0) is 0 Å². The quantitative estimate of drug-likeness (QED) is 0.444. The summed E-state index contributed by atoms with van der Waals surface area (Å²) in [4.78, 5) is 14.5. The average Bonchev–Trinajstić information content (AvgIpc) is 3.07. The van der Waals surface area contributed by atoms with Gasteiger partial charge >= 0.3 is 0 Å². The maximum atomic E-state index is 6.27. The lowest BCUT2D eigenvalue weighted by molar-refractivity contribution is 0.411. The van der Waals surface area contributed by atoms with E-state index in [1.807, 2.05) is 24.4 Å². The van der Waals surface area contributed by atoms with Crippen molar-refractivity contribution in [1.82, 2.24) is 15.3 Å². The number of aromatic nitrogens is 1. The van der Waals surface area contributed by atoms with E-state index in [9.17, 15) is 0 Å². The van der Waals surface area contributed by atoms with Crippen molar-refractivity contribution in [1.29, 1.82) is 0 Å². The molecule has 0 bridgehead atoms. The second kappa shape index (κ2) is 8.00. The van der Waals surface area contributed by atoms with Gasteiger partial charge in [-0.3, -0.25) is 0 Å². The summed E-state index contributed by atoms with van der Waals surface area (Å²) in [6.45, 7) is 3.11. The van der Waals surface area contributed by atoms with E-state index in [1.54, 1.807) is 7.05 Å². The Kier molecular flexibility index (Phi) is 5.53. The molecule has 1 atom stereocenters. The molecule has 2 fully saturated rings. The fraction of sp³-hybridized carbons (Fsp3) is 0.500. The highest BCUT2D eigenvalue weighted by Crippen LogP contribution is 2.30. The second-order valence-corrected chi connectivity index (χ2v) is 6.56. The summed E-state index contributed by atoms with van der Waals surface area (Å²) < 4.78 is 0. The van der Waals surface area contributed by atoms with Gasteiger partial charge in [0.05, 0.1) is 5.69 Å². The number of rotatable bonds is 4. The minimum atomic E-state index is 0.411. The molecule has 4 N–H and O–H groups in total. The zero-order valence-electron chi connectivity index (χ0n) is 14.9. The summed E-state index contributed by atoms with van der Waals surface area (Å²) >= 11 is 0. The van der Waals surface area contributed by atoms with E-state index in [0.717, 1.165) is 25.1 Å². The van der Waals surface area contributed by atoms with E-state index in [-0.39, 0.29) is 0 Å². The first-order valence-corrected chi connectivity index (χ1v) is 8.93. The van der Waals surface area contributed by atoms with Crippen LogP contribution in [0.25, 0.3) is 0 Å². The number of amidine groups is 2. The molecule has 0 radical (unpaired) electrons. The molecule has 0 amide bonds. The van der Waals surface area contributed by atoms with Gasteiger partial charge in [0.25, 0.3) is 0 Å². The van der Waals surface area contributed by atoms with Crippen molar-refractivity contribution in [2.24, 2.45) is 26.7 Å². The summed E-state index contributed by atoms with van der Waals surface area (Å²) in [6, 6.07) is 4.27. The SMILES string of the molecule is CN/N=C(\C=C\C1CC1)N=C(N=C(N)N1CCC[C@@H]1C)c1ccc[nH]1. The Morgan fingerprint density at radius 1 is 1.36 bits per heavy atom. The highest BCUT2D eigenvalue weighted by molar-refractivity contribution is 6.12. The molecule has 1 aromatic rings. The van der Waals surface area contributed by atoms with E-state index >= 15 is 0 Å². The first kappa shape index (κ1) is 17.3. The van der Waals surface area contributed by atoms with Crippen LogP contribution < -0.4 is 11.2 Å². The molecule has 0 aromatic carbocycles. The van der Waals surface area contributed by atoms with Gasteiger partial charge in [-0.15, -0.1) is 0 Å². The number of aromatic amines is 1. The van der Waals surface area contributed by atoms with Crippen LogP contribution in [0.15, 0.2) is 45.6 Å². The number of guanidine groups is 1. The number of hydrogen-bond acceptors (Lipinski definition) is 2. The van der Waals surface area contributed by atoms with E-state index in [0.29, 0.717) is 29.6 Å². The minimum absolute atomic E-state index is 0.411. The fourth-order valence-electron chi connectivity index (χ4n) is 2.89.